The van der Waals surface area contributed by atoms with Crippen molar-refractivity contribution in [3.8, 4) is 17.2 Å². The van der Waals surface area contributed by atoms with Crippen molar-refractivity contribution in [1.29, 1.82) is 0 Å². The molecule has 1 amide bonds. The Kier molecular flexibility index (Phi) is 4.27. The van der Waals surface area contributed by atoms with Gasteiger partial charge in [-0.25, -0.2) is 0 Å². The van der Waals surface area contributed by atoms with E-state index in [-0.39, 0.29) is 11.6 Å². The van der Waals surface area contributed by atoms with Crippen molar-refractivity contribution in [2.24, 2.45) is 0 Å². The Morgan fingerprint density at radius 1 is 1.10 bits per heavy atom. The minimum atomic E-state index is -0.379. The van der Waals surface area contributed by atoms with Gasteiger partial charge >= 0.3 is 0 Å². The molecule has 1 heterocycles. The summed E-state index contributed by atoms with van der Waals surface area (Å²) < 4.78 is 15.7. The average Bonchev–Trinajstić information content (AvgIpc) is 2.92. The molecule has 1 aromatic heterocycles. The maximum atomic E-state index is 12.1. The SMILES string of the molecule is COc1cc(NC(=O)c2n[nH]nc2C)cc(OC)c1OC. The van der Waals surface area contributed by atoms with Gasteiger partial charge in [0.25, 0.3) is 5.91 Å². The van der Waals surface area contributed by atoms with Gasteiger partial charge < -0.3 is 19.5 Å². The smallest absolute Gasteiger partial charge is 0.278 e. The number of methoxy groups -OCH3 is 3. The first-order chi connectivity index (χ1) is 10.1. The Morgan fingerprint density at radius 2 is 1.71 bits per heavy atom. The maximum absolute atomic E-state index is 12.1. The number of rotatable bonds is 5. The van der Waals surface area contributed by atoms with Crippen molar-refractivity contribution in [2.75, 3.05) is 26.6 Å². The first-order valence-corrected chi connectivity index (χ1v) is 6.09. The second-order valence-electron chi connectivity index (χ2n) is 4.13. The molecule has 0 aliphatic rings. The van der Waals surface area contributed by atoms with Crippen LogP contribution < -0.4 is 19.5 Å². The fraction of sp³-hybridized carbons (Fsp3) is 0.308. The number of H-pyrrole nitrogens is 1. The van der Waals surface area contributed by atoms with Crippen LogP contribution >= 0.6 is 0 Å². The first-order valence-electron chi connectivity index (χ1n) is 6.09. The highest BCUT2D eigenvalue weighted by molar-refractivity contribution is 6.03. The lowest BCUT2D eigenvalue weighted by Gasteiger charge is -2.14. The van der Waals surface area contributed by atoms with Gasteiger partial charge in [0.2, 0.25) is 5.75 Å². The molecule has 21 heavy (non-hydrogen) atoms. The summed E-state index contributed by atoms with van der Waals surface area (Å²) in [6, 6.07) is 3.27. The van der Waals surface area contributed by atoms with Gasteiger partial charge in [-0.3, -0.25) is 4.79 Å². The van der Waals surface area contributed by atoms with Crippen LogP contribution in [0.1, 0.15) is 16.2 Å². The third-order valence-electron chi connectivity index (χ3n) is 2.86. The second-order valence-corrected chi connectivity index (χ2v) is 4.13. The molecular formula is C13H16N4O4. The zero-order valence-corrected chi connectivity index (χ0v) is 12.2. The molecule has 0 radical (unpaired) electrons. The lowest BCUT2D eigenvalue weighted by atomic mass is 10.2. The van der Waals surface area contributed by atoms with Gasteiger partial charge in [-0.1, -0.05) is 0 Å². The molecule has 0 saturated carbocycles. The van der Waals surface area contributed by atoms with E-state index in [1.807, 2.05) is 0 Å². The van der Waals surface area contributed by atoms with Crippen molar-refractivity contribution in [2.45, 2.75) is 6.92 Å². The number of ether oxygens (including phenoxy) is 3. The average molecular weight is 292 g/mol. The highest BCUT2D eigenvalue weighted by Crippen LogP contribution is 2.39. The number of aromatic amines is 1. The van der Waals surface area contributed by atoms with Crippen LogP contribution in [0.4, 0.5) is 5.69 Å². The van der Waals surface area contributed by atoms with Crippen LogP contribution in [-0.2, 0) is 0 Å². The summed E-state index contributed by atoms with van der Waals surface area (Å²) in [4.78, 5) is 12.1. The Hall–Kier alpha value is -2.77. The van der Waals surface area contributed by atoms with Crippen molar-refractivity contribution in [1.82, 2.24) is 15.4 Å². The van der Waals surface area contributed by atoms with Crippen molar-refractivity contribution < 1.29 is 19.0 Å². The molecule has 0 atom stereocenters. The Labute approximate surface area is 121 Å². The van der Waals surface area contributed by atoms with Gasteiger partial charge in [0.15, 0.2) is 17.2 Å². The lowest BCUT2D eigenvalue weighted by Crippen LogP contribution is -2.14. The fourth-order valence-electron chi connectivity index (χ4n) is 1.84. The van der Waals surface area contributed by atoms with Gasteiger partial charge in [-0.15, -0.1) is 0 Å². The summed E-state index contributed by atoms with van der Waals surface area (Å²) in [7, 11) is 4.52. The molecule has 8 heteroatoms. The van der Waals surface area contributed by atoms with Gasteiger partial charge in [0, 0.05) is 17.8 Å². The summed E-state index contributed by atoms with van der Waals surface area (Å²) in [6.07, 6.45) is 0. The molecule has 1 aromatic carbocycles. The number of nitrogens with one attached hydrogen (secondary N) is 2. The van der Waals surface area contributed by atoms with Crippen LogP contribution in [0.5, 0.6) is 17.2 Å². The largest absolute Gasteiger partial charge is 0.493 e. The summed E-state index contributed by atoms with van der Waals surface area (Å²) in [5.41, 5.74) is 1.24. The van der Waals surface area contributed by atoms with Crippen molar-refractivity contribution in [3.05, 3.63) is 23.5 Å². The highest BCUT2D eigenvalue weighted by Gasteiger charge is 2.17. The summed E-state index contributed by atoms with van der Waals surface area (Å²) in [6.45, 7) is 1.69. The topological polar surface area (TPSA) is 98.4 Å². The monoisotopic (exact) mass is 292 g/mol. The van der Waals surface area contributed by atoms with Crippen LogP contribution in [0.25, 0.3) is 0 Å². The third-order valence-corrected chi connectivity index (χ3v) is 2.86. The van der Waals surface area contributed by atoms with Crippen LogP contribution in [0.15, 0.2) is 12.1 Å². The lowest BCUT2D eigenvalue weighted by molar-refractivity contribution is 0.102. The standard InChI is InChI=1S/C13H16N4O4/c1-7-11(16-17-15-7)13(18)14-8-5-9(19-2)12(21-4)10(6-8)20-3/h5-6H,1-4H3,(H,14,18)(H,15,16,17). The van der Waals surface area contributed by atoms with Crippen molar-refractivity contribution in [3.63, 3.8) is 0 Å². The summed E-state index contributed by atoms with van der Waals surface area (Å²) in [5, 5.41) is 12.7. The van der Waals surface area contributed by atoms with Gasteiger partial charge in [-0.05, 0) is 6.92 Å². The number of amides is 1. The third kappa shape index (κ3) is 2.88. The van der Waals surface area contributed by atoms with Gasteiger partial charge in [0.1, 0.15) is 0 Å². The van der Waals surface area contributed by atoms with E-state index < -0.39 is 0 Å². The number of hydrogen-bond donors (Lipinski definition) is 2. The predicted molar refractivity (Wildman–Crippen MR) is 75.2 cm³/mol. The van der Waals surface area contributed by atoms with E-state index in [1.54, 1.807) is 19.1 Å². The zero-order valence-electron chi connectivity index (χ0n) is 12.2. The molecule has 0 spiro atoms. The molecule has 0 fully saturated rings. The number of aryl methyl sites for hydroxylation is 1. The molecule has 2 aromatic rings. The van der Waals surface area contributed by atoms with Gasteiger partial charge in [-0.2, -0.15) is 15.4 Å². The number of hydrogen-bond acceptors (Lipinski definition) is 6. The number of aromatic nitrogens is 3. The second kappa shape index (κ2) is 6.12. The molecule has 0 bridgehead atoms. The minimum absolute atomic E-state index is 0.226. The number of carbonyl (C=O) groups excluding carboxylic acids is 1. The van der Waals surface area contributed by atoms with E-state index in [2.05, 4.69) is 20.7 Å². The Balaban J connectivity index is 2.32. The van der Waals surface area contributed by atoms with E-state index >= 15 is 0 Å². The molecule has 0 unspecified atom stereocenters. The van der Waals surface area contributed by atoms with E-state index in [9.17, 15) is 4.79 Å². The molecule has 112 valence electrons. The van der Waals surface area contributed by atoms with Crippen LogP contribution in [0.2, 0.25) is 0 Å². The quantitative estimate of drug-likeness (QED) is 0.864. The number of benzene rings is 1. The summed E-state index contributed by atoms with van der Waals surface area (Å²) in [5.74, 6) is 0.971. The molecule has 2 N–H and O–H groups in total. The zero-order chi connectivity index (χ0) is 15.4. The minimum Gasteiger partial charge on any atom is -0.493 e. The summed E-state index contributed by atoms with van der Waals surface area (Å²) >= 11 is 0. The molecule has 0 aliphatic carbocycles. The fourth-order valence-corrected chi connectivity index (χ4v) is 1.84. The molecule has 0 saturated heterocycles. The van der Waals surface area contributed by atoms with Crippen molar-refractivity contribution >= 4 is 11.6 Å². The molecule has 0 aliphatic heterocycles. The number of carbonyl (C=O) groups is 1. The van der Waals surface area contributed by atoms with Crippen LogP contribution in [-0.4, -0.2) is 42.6 Å². The highest BCUT2D eigenvalue weighted by atomic mass is 16.5. The Morgan fingerprint density at radius 3 is 2.14 bits per heavy atom. The predicted octanol–water partition coefficient (Wildman–Crippen LogP) is 1.39. The van der Waals surface area contributed by atoms with E-state index in [1.165, 1.54) is 21.3 Å². The maximum Gasteiger partial charge on any atom is 0.278 e. The Bertz CT molecular complexity index is 628. The number of nitrogens with zero attached hydrogens (tertiary/aromatic N) is 2. The molecule has 2 rings (SSSR count). The van der Waals surface area contributed by atoms with E-state index in [4.69, 9.17) is 14.2 Å². The van der Waals surface area contributed by atoms with E-state index in [0.29, 0.717) is 28.6 Å². The molecule has 8 nitrogen and oxygen atoms in total. The van der Waals surface area contributed by atoms with Gasteiger partial charge in [0.05, 0.1) is 27.0 Å². The van der Waals surface area contributed by atoms with Crippen LogP contribution in [0, 0.1) is 6.92 Å². The normalized spacial score (nSPS) is 10.1. The van der Waals surface area contributed by atoms with E-state index in [0.717, 1.165) is 0 Å². The molecular weight excluding hydrogens is 276 g/mol. The van der Waals surface area contributed by atoms with Crippen LogP contribution in [0.3, 0.4) is 0 Å². The first kappa shape index (κ1) is 14.6. The number of anilines is 1.